The van der Waals surface area contributed by atoms with Gasteiger partial charge in [0.05, 0.1) is 12.0 Å². The van der Waals surface area contributed by atoms with E-state index in [0.717, 1.165) is 19.3 Å². The number of hydrogen-bond acceptors (Lipinski definition) is 4. The maximum Gasteiger partial charge on any atom is 0.240 e. The average molecular weight is 334 g/mol. The summed E-state index contributed by atoms with van der Waals surface area (Å²) < 4.78 is 32.4. The lowest BCUT2D eigenvalue weighted by atomic mass is 10.1. The number of nitrogens with zero attached hydrogens (tertiary/aromatic N) is 1. The number of ether oxygens (including phenoxy) is 1. The molecule has 0 aliphatic heterocycles. The van der Waals surface area contributed by atoms with Crippen molar-refractivity contribution < 1.29 is 13.2 Å². The van der Waals surface area contributed by atoms with Crippen molar-refractivity contribution in [2.75, 3.05) is 13.7 Å². The van der Waals surface area contributed by atoms with Crippen LogP contribution in [0.3, 0.4) is 0 Å². The number of unbranched alkanes of at least 4 members (excludes halogenated alkanes) is 1. The van der Waals surface area contributed by atoms with E-state index in [9.17, 15) is 8.42 Å². The number of benzene rings is 1. The molecule has 6 heteroatoms. The zero-order chi connectivity index (χ0) is 16.7. The van der Waals surface area contributed by atoms with Gasteiger partial charge in [0.2, 0.25) is 10.0 Å². The molecule has 2 aromatic rings. The number of hydrogen-bond donors (Lipinski definition) is 1. The summed E-state index contributed by atoms with van der Waals surface area (Å²) in [5.74, 6) is 0.651. The molecular formula is C17H22N2O3S. The number of sulfonamides is 1. The molecule has 5 nitrogen and oxygen atoms in total. The fraction of sp³-hybridized carbons (Fsp3) is 0.353. The second-order valence-electron chi connectivity index (χ2n) is 5.35. The fourth-order valence-electron chi connectivity index (χ4n) is 2.33. The third-order valence-corrected chi connectivity index (χ3v) is 5.20. The zero-order valence-corrected chi connectivity index (χ0v) is 14.3. The first-order valence-corrected chi connectivity index (χ1v) is 9.04. The SMILES string of the molecule is COc1ccc(S(=O)(=O)NCCCCc2cccnc2)c(C)c1. The van der Waals surface area contributed by atoms with E-state index in [2.05, 4.69) is 9.71 Å². The summed E-state index contributed by atoms with van der Waals surface area (Å²) in [6, 6.07) is 8.88. The molecule has 0 radical (unpaired) electrons. The van der Waals surface area contributed by atoms with Crippen LogP contribution < -0.4 is 9.46 Å². The van der Waals surface area contributed by atoms with E-state index < -0.39 is 10.0 Å². The summed E-state index contributed by atoms with van der Waals surface area (Å²) >= 11 is 0. The van der Waals surface area contributed by atoms with E-state index in [4.69, 9.17) is 4.74 Å². The number of aromatic nitrogens is 1. The van der Waals surface area contributed by atoms with Crippen molar-refractivity contribution in [3.05, 3.63) is 53.9 Å². The molecule has 0 spiro atoms. The number of nitrogens with one attached hydrogen (secondary N) is 1. The molecule has 0 fully saturated rings. The van der Waals surface area contributed by atoms with Crippen molar-refractivity contribution in [3.8, 4) is 5.75 Å². The van der Waals surface area contributed by atoms with Gasteiger partial charge in [0.1, 0.15) is 5.75 Å². The van der Waals surface area contributed by atoms with Crippen LogP contribution >= 0.6 is 0 Å². The van der Waals surface area contributed by atoms with Gasteiger partial charge in [-0.1, -0.05) is 6.07 Å². The Bertz CT molecular complexity index is 731. The molecule has 0 unspecified atom stereocenters. The van der Waals surface area contributed by atoms with Crippen LogP contribution in [0.1, 0.15) is 24.0 Å². The van der Waals surface area contributed by atoms with Gasteiger partial charge in [-0.15, -0.1) is 0 Å². The Morgan fingerprint density at radius 3 is 2.70 bits per heavy atom. The van der Waals surface area contributed by atoms with Gasteiger partial charge in [0, 0.05) is 18.9 Å². The maximum atomic E-state index is 12.3. The van der Waals surface area contributed by atoms with Crippen molar-refractivity contribution in [2.24, 2.45) is 0 Å². The molecule has 0 saturated carbocycles. The first kappa shape index (κ1) is 17.4. The molecule has 1 aromatic heterocycles. The van der Waals surface area contributed by atoms with Crippen LogP contribution in [0.2, 0.25) is 0 Å². The standard InChI is InChI=1S/C17H22N2O3S/c1-14-12-16(22-2)8-9-17(14)23(20,21)19-11-4-3-6-15-7-5-10-18-13-15/h5,7-10,12-13,19H,3-4,6,11H2,1-2H3. The van der Waals surface area contributed by atoms with Crippen molar-refractivity contribution in [1.82, 2.24) is 9.71 Å². The van der Waals surface area contributed by atoms with Crippen LogP contribution in [-0.4, -0.2) is 27.1 Å². The number of rotatable bonds is 8. The van der Waals surface area contributed by atoms with Crippen LogP contribution in [0.15, 0.2) is 47.6 Å². The molecule has 0 saturated heterocycles. The summed E-state index contributed by atoms with van der Waals surface area (Å²) in [5, 5.41) is 0. The van der Waals surface area contributed by atoms with E-state index >= 15 is 0 Å². The Labute approximate surface area is 137 Å². The highest BCUT2D eigenvalue weighted by molar-refractivity contribution is 7.89. The van der Waals surface area contributed by atoms with Gasteiger partial charge in [-0.25, -0.2) is 13.1 Å². The number of pyridine rings is 1. The molecule has 0 atom stereocenters. The van der Waals surface area contributed by atoms with Gasteiger partial charge in [-0.2, -0.15) is 0 Å². The molecular weight excluding hydrogens is 312 g/mol. The summed E-state index contributed by atoms with van der Waals surface area (Å²) in [4.78, 5) is 4.36. The molecule has 1 N–H and O–H groups in total. The normalized spacial score (nSPS) is 11.4. The Kier molecular flexibility index (Phi) is 6.12. The van der Waals surface area contributed by atoms with Gasteiger partial charge in [0.15, 0.2) is 0 Å². The molecule has 124 valence electrons. The van der Waals surface area contributed by atoms with Gasteiger partial charge in [0.25, 0.3) is 0 Å². The molecule has 0 amide bonds. The summed E-state index contributed by atoms with van der Waals surface area (Å²) in [5.41, 5.74) is 1.84. The van der Waals surface area contributed by atoms with Gasteiger partial charge < -0.3 is 4.74 Å². The number of methoxy groups -OCH3 is 1. The minimum atomic E-state index is -3.48. The molecule has 1 heterocycles. The molecule has 0 aliphatic carbocycles. The summed E-state index contributed by atoms with van der Waals surface area (Å²) in [6.45, 7) is 2.19. The van der Waals surface area contributed by atoms with Crippen LogP contribution in [0.5, 0.6) is 5.75 Å². The van der Waals surface area contributed by atoms with E-state index in [1.807, 2.05) is 18.3 Å². The third kappa shape index (κ3) is 5.04. The van der Waals surface area contributed by atoms with Crippen molar-refractivity contribution in [1.29, 1.82) is 0 Å². The maximum absolute atomic E-state index is 12.3. The lowest BCUT2D eigenvalue weighted by Gasteiger charge is -2.10. The lowest BCUT2D eigenvalue weighted by Crippen LogP contribution is -2.25. The van der Waals surface area contributed by atoms with E-state index in [0.29, 0.717) is 22.8 Å². The largest absolute Gasteiger partial charge is 0.497 e. The van der Waals surface area contributed by atoms with E-state index in [1.54, 1.807) is 38.4 Å². The number of aryl methyl sites for hydroxylation is 2. The zero-order valence-electron chi connectivity index (χ0n) is 13.5. The summed E-state index contributed by atoms with van der Waals surface area (Å²) in [6.07, 6.45) is 6.18. The van der Waals surface area contributed by atoms with Crippen LogP contribution in [0, 0.1) is 6.92 Å². The molecule has 23 heavy (non-hydrogen) atoms. The molecule has 0 bridgehead atoms. The van der Waals surface area contributed by atoms with Gasteiger partial charge in [-0.05, 0) is 61.6 Å². The predicted molar refractivity (Wildman–Crippen MR) is 90.1 cm³/mol. The fourth-order valence-corrected chi connectivity index (χ4v) is 3.63. The molecule has 1 aromatic carbocycles. The molecule has 2 rings (SSSR count). The minimum absolute atomic E-state index is 0.297. The first-order chi connectivity index (χ1) is 11.0. The van der Waals surface area contributed by atoms with Crippen molar-refractivity contribution in [3.63, 3.8) is 0 Å². The average Bonchev–Trinajstić information content (AvgIpc) is 2.55. The lowest BCUT2D eigenvalue weighted by molar-refractivity contribution is 0.414. The van der Waals surface area contributed by atoms with Crippen LogP contribution in [0.4, 0.5) is 0 Å². The monoisotopic (exact) mass is 334 g/mol. The second kappa shape index (κ2) is 8.08. The van der Waals surface area contributed by atoms with E-state index in [-0.39, 0.29) is 0 Å². The second-order valence-corrected chi connectivity index (χ2v) is 7.08. The van der Waals surface area contributed by atoms with E-state index in [1.165, 1.54) is 5.56 Å². The Balaban J connectivity index is 1.84. The quantitative estimate of drug-likeness (QED) is 0.754. The Morgan fingerprint density at radius 1 is 1.22 bits per heavy atom. The van der Waals surface area contributed by atoms with Gasteiger partial charge >= 0.3 is 0 Å². The Hall–Kier alpha value is -1.92. The highest BCUT2D eigenvalue weighted by atomic mass is 32.2. The molecule has 0 aliphatic rings. The third-order valence-electron chi connectivity index (χ3n) is 3.58. The highest BCUT2D eigenvalue weighted by Crippen LogP contribution is 2.20. The van der Waals surface area contributed by atoms with Crippen molar-refractivity contribution in [2.45, 2.75) is 31.1 Å². The van der Waals surface area contributed by atoms with Crippen LogP contribution in [-0.2, 0) is 16.4 Å². The predicted octanol–water partition coefficient (Wildman–Crippen LogP) is 2.70. The highest BCUT2D eigenvalue weighted by Gasteiger charge is 2.16. The topological polar surface area (TPSA) is 68.3 Å². The van der Waals surface area contributed by atoms with Crippen molar-refractivity contribution >= 4 is 10.0 Å². The summed E-state index contributed by atoms with van der Waals surface area (Å²) in [7, 11) is -1.92. The smallest absolute Gasteiger partial charge is 0.240 e. The van der Waals surface area contributed by atoms with Crippen LogP contribution in [0.25, 0.3) is 0 Å². The first-order valence-electron chi connectivity index (χ1n) is 7.56. The minimum Gasteiger partial charge on any atom is -0.497 e. The Morgan fingerprint density at radius 2 is 2.04 bits per heavy atom. The van der Waals surface area contributed by atoms with Gasteiger partial charge in [-0.3, -0.25) is 4.98 Å².